The molecule has 150 valence electrons. The van der Waals surface area contributed by atoms with E-state index in [0.717, 1.165) is 33.0 Å². The van der Waals surface area contributed by atoms with Crippen molar-refractivity contribution in [1.82, 2.24) is 0 Å². The molecule has 0 spiro atoms. The van der Waals surface area contributed by atoms with Crippen LogP contribution in [0.2, 0.25) is 10.0 Å². The van der Waals surface area contributed by atoms with E-state index in [2.05, 4.69) is 24.3 Å². The third-order valence-electron chi connectivity index (χ3n) is 4.91. The monoisotopic (exact) mass is 436 g/mol. The molecule has 30 heavy (non-hydrogen) atoms. The van der Waals surface area contributed by atoms with Gasteiger partial charge in [-0.25, -0.2) is 4.79 Å². The largest absolute Gasteiger partial charge is 0.482 e. The first kappa shape index (κ1) is 20.3. The highest BCUT2D eigenvalue weighted by Crippen LogP contribution is 2.34. The van der Waals surface area contributed by atoms with Crippen LogP contribution in [0.4, 0.5) is 0 Å². The predicted octanol–water partition coefficient (Wildman–Crippen LogP) is 6.87. The van der Waals surface area contributed by atoms with E-state index in [1.807, 2.05) is 36.4 Å². The minimum absolute atomic E-state index is 0.399. The van der Waals surface area contributed by atoms with Gasteiger partial charge in [0.15, 0.2) is 6.61 Å². The highest BCUT2D eigenvalue weighted by molar-refractivity contribution is 6.36. The van der Waals surface area contributed by atoms with Crippen LogP contribution < -0.4 is 4.74 Å². The van der Waals surface area contributed by atoms with E-state index in [1.54, 1.807) is 18.2 Å². The Balaban J connectivity index is 1.79. The highest BCUT2D eigenvalue weighted by atomic mass is 35.5. The summed E-state index contributed by atoms with van der Waals surface area (Å²) in [5.74, 6) is -0.477. The van der Waals surface area contributed by atoms with Crippen LogP contribution in [0, 0.1) is 0 Å². The maximum absolute atomic E-state index is 11.0. The molecule has 0 amide bonds. The Morgan fingerprint density at radius 2 is 1.67 bits per heavy atom. The molecule has 0 aliphatic rings. The van der Waals surface area contributed by atoms with Crippen LogP contribution in [-0.4, -0.2) is 17.7 Å². The topological polar surface area (TPSA) is 46.5 Å². The summed E-state index contributed by atoms with van der Waals surface area (Å²) in [6.45, 7) is -0.399. The molecule has 4 aromatic carbocycles. The number of ether oxygens (including phenoxy) is 1. The van der Waals surface area contributed by atoms with Crippen molar-refractivity contribution in [2.45, 2.75) is 6.42 Å². The van der Waals surface area contributed by atoms with Gasteiger partial charge in [0.1, 0.15) is 5.75 Å². The van der Waals surface area contributed by atoms with E-state index in [0.29, 0.717) is 22.2 Å². The lowest BCUT2D eigenvalue weighted by atomic mass is 9.95. The normalized spacial score (nSPS) is 10.9. The van der Waals surface area contributed by atoms with E-state index in [4.69, 9.17) is 33.0 Å². The Kier molecular flexibility index (Phi) is 5.93. The van der Waals surface area contributed by atoms with E-state index in [-0.39, 0.29) is 0 Å². The van der Waals surface area contributed by atoms with Crippen LogP contribution in [0.1, 0.15) is 11.1 Å². The first-order valence-electron chi connectivity index (χ1n) is 9.41. The molecular formula is C25H18Cl2O3. The lowest BCUT2D eigenvalue weighted by Crippen LogP contribution is -2.10. The molecule has 5 heteroatoms. The average molecular weight is 437 g/mol. The Morgan fingerprint density at radius 3 is 2.47 bits per heavy atom. The first-order valence-corrected chi connectivity index (χ1v) is 10.2. The van der Waals surface area contributed by atoms with Crippen LogP contribution in [0.5, 0.6) is 5.75 Å². The molecule has 0 unspecified atom stereocenters. The maximum Gasteiger partial charge on any atom is 0.341 e. The molecule has 4 rings (SSSR count). The summed E-state index contributed by atoms with van der Waals surface area (Å²) in [5.41, 5.74) is 3.78. The fraction of sp³-hybridized carbons (Fsp3) is 0.0800. The minimum Gasteiger partial charge on any atom is -0.482 e. The van der Waals surface area contributed by atoms with Crippen LogP contribution in [0.25, 0.3) is 21.9 Å². The molecule has 0 saturated heterocycles. The van der Waals surface area contributed by atoms with Gasteiger partial charge in [-0.2, -0.15) is 0 Å². The second kappa shape index (κ2) is 8.78. The summed E-state index contributed by atoms with van der Waals surface area (Å²) in [4.78, 5) is 11.0. The first-order chi connectivity index (χ1) is 14.5. The van der Waals surface area contributed by atoms with Gasteiger partial charge in [0, 0.05) is 22.0 Å². The van der Waals surface area contributed by atoms with Crippen molar-refractivity contribution in [2.24, 2.45) is 0 Å². The molecule has 0 aliphatic carbocycles. The highest BCUT2D eigenvalue weighted by Gasteiger charge is 2.13. The summed E-state index contributed by atoms with van der Waals surface area (Å²) in [7, 11) is 0. The zero-order valence-corrected chi connectivity index (χ0v) is 17.5. The Bertz CT molecular complexity index is 1230. The molecule has 1 N–H and O–H groups in total. The van der Waals surface area contributed by atoms with Gasteiger partial charge in [-0.3, -0.25) is 0 Å². The Hall–Kier alpha value is -3.01. The Labute approximate surface area is 184 Å². The van der Waals surface area contributed by atoms with Gasteiger partial charge in [-0.1, -0.05) is 77.8 Å². The lowest BCUT2D eigenvalue weighted by Gasteiger charge is -2.14. The van der Waals surface area contributed by atoms with Gasteiger partial charge in [0.05, 0.1) is 0 Å². The molecule has 3 nitrogen and oxygen atoms in total. The van der Waals surface area contributed by atoms with E-state index >= 15 is 0 Å². The zero-order valence-electron chi connectivity index (χ0n) is 15.9. The summed E-state index contributed by atoms with van der Waals surface area (Å²) in [6.07, 6.45) is 0.593. The van der Waals surface area contributed by atoms with Crippen molar-refractivity contribution in [3.8, 4) is 16.9 Å². The number of hydrogen-bond donors (Lipinski definition) is 1. The second-order valence-corrected chi connectivity index (χ2v) is 7.79. The van der Waals surface area contributed by atoms with Crippen molar-refractivity contribution < 1.29 is 14.6 Å². The fourth-order valence-electron chi connectivity index (χ4n) is 3.54. The minimum atomic E-state index is -1.02. The van der Waals surface area contributed by atoms with Gasteiger partial charge in [-0.15, -0.1) is 0 Å². The number of hydrogen-bond acceptors (Lipinski definition) is 2. The number of carboxylic acid groups (broad SMARTS) is 1. The summed E-state index contributed by atoms with van der Waals surface area (Å²) >= 11 is 12.4. The van der Waals surface area contributed by atoms with E-state index in [1.165, 1.54) is 0 Å². The second-order valence-electron chi connectivity index (χ2n) is 6.94. The number of carbonyl (C=O) groups is 1. The van der Waals surface area contributed by atoms with Crippen molar-refractivity contribution in [3.05, 3.63) is 100 Å². The quantitative estimate of drug-likeness (QED) is 0.358. The van der Waals surface area contributed by atoms with Gasteiger partial charge in [0.25, 0.3) is 0 Å². The molecule has 0 radical (unpaired) electrons. The van der Waals surface area contributed by atoms with Gasteiger partial charge in [-0.05, 0) is 51.7 Å². The summed E-state index contributed by atoms with van der Waals surface area (Å²) in [6, 6.07) is 25.4. The number of carboxylic acids is 1. The summed E-state index contributed by atoms with van der Waals surface area (Å²) in [5, 5.41) is 12.5. The zero-order chi connectivity index (χ0) is 21.1. The molecule has 4 aromatic rings. The summed E-state index contributed by atoms with van der Waals surface area (Å²) < 4.78 is 5.57. The van der Waals surface area contributed by atoms with Crippen LogP contribution >= 0.6 is 23.2 Å². The Morgan fingerprint density at radius 1 is 0.867 bits per heavy atom. The van der Waals surface area contributed by atoms with Crippen LogP contribution in [0.15, 0.2) is 78.9 Å². The number of fused-ring (bicyclic) bond motifs is 1. The third kappa shape index (κ3) is 4.43. The smallest absolute Gasteiger partial charge is 0.341 e. The molecular weight excluding hydrogens is 419 g/mol. The van der Waals surface area contributed by atoms with Crippen molar-refractivity contribution in [2.75, 3.05) is 6.61 Å². The van der Waals surface area contributed by atoms with Crippen LogP contribution in [0.3, 0.4) is 0 Å². The number of rotatable bonds is 6. The molecule has 0 fully saturated rings. The fourth-order valence-corrected chi connectivity index (χ4v) is 4.06. The molecule has 0 heterocycles. The van der Waals surface area contributed by atoms with Crippen molar-refractivity contribution in [1.29, 1.82) is 0 Å². The van der Waals surface area contributed by atoms with Gasteiger partial charge in [0.2, 0.25) is 0 Å². The van der Waals surface area contributed by atoms with Gasteiger partial charge >= 0.3 is 5.97 Å². The van der Waals surface area contributed by atoms with Crippen LogP contribution in [-0.2, 0) is 11.2 Å². The standard InChI is InChI=1S/C25H18Cl2O3/c26-20-9-10-22(23(27)14-20)18-8-11-24(30-15-25(28)29)19(13-18)12-17-6-3-5-16-4-1-2-7-21(16)17/h1-11,13-14H,12,15H2,(H,28,29). The van der Waals surface area contributed by atoms with E-state index < -0.39 is 12.6 Å². The molecule has 0 atom stereocenters. The SMILES string of the molecule is O=C(O)COc1ccc(-c2ccc(Cl)cc2Cl)cc1Cc1cccc2ccccc12. The number of benzene rings is 4. The van der Waals surface area contributed by atoms with Crippen molar-refractivity contribution in [3.63, 3.8) is 0 Å². The molecule has 0 saturated carbocycles. The van der Waals surface area contributed by atoms with Gasteiger partial charge < -0.3 is 9.84 Å². The number of aliphatic carboxylic acids is 1. The van der Waals surface area contributed by atoms with E-state index in [9.17, 15) is 4.79 Å². The molecule has 0 aliphatic heterocycles. The molecule has 0 aromatic heterocycles. The maximum atomic E-state index is 11.0. The van der Waals surface area contributed by atoms with Crippen molar-refractivity contribution >= 4 is 39.9 Å². The number of halogens is 2. The lowest BCUT2D eigenvalue weighted by molar-refractivity contribution is -0.139. The third-order valence-corrected chi connectivity index (χ3v) is 5.46. The predicted molar refractivity (Wildman–Crippen MR) is 122 cm³/mol. The average Bonchev–Trinajstić information content (AvgIpc) is 2.73. The molecule has 0 bridgehead atoms.